The number of amides is 1. The number of rotatable bonds is 6. The monoisotopic (exact) mass is 353 g/mol. The minimum atomic E-state index is -0.294. The fourth-order valence-corrected chi connectivity index (χ4v) is 4.68. The lowest BCUT2D eigenvalue weighted by molar-refractivity contribution is -0.142. The van der Waals surface area contributed by atoms with Gasteiger partial charge in [-0.05, 0) is 50.2 Å². The molecular weight excluding hydrogens is 322 g/mol. The molecule has 2 aromatic rings. The third kappa shape index (κ3) is 3.39. The smallest absolute Gasteiger partial charge is 0.240 e. The van der Waals surface area contributed by atoms with E-state index < -0.39 is 0 Å². The molecule has 1 aliphatic carbocycles. The molecule has 4 rings (SSSR count). The minimum Gasteiger partial charge on any atom is -0.361 e. The number of H-pyrrole nitrogens is 1. The fourth-order valence-electron chi connectivity index (χ4n) is 4.68. The lowest BCUT2D eigenvalue weighted by Crippen LogP contribution is -2.66. The number of hydrogen-bond donors (Lipinski definition) is 2. The Morgan fingerprint density at radius 2 is 2.08 bits per heavy atom. The first-order valence-electron chi connectivity index (χ1n) is 10.3. The van der Waals surface area contributed by atoms with Gasteiger partial charge in [-0.1, -0.05) is 37.5 Å². The van der Waals surface area contributed by atoms with Crippen LogP contribution in [0.2, 0.25) is 0 Å². The highest BCUT2D eigenvalue weighted by molar-refractivity contribution is 5.87. The molecule has 2 heterocycles. The number of para-hydroxylation sites is 1. The van der Waals surface area contributed by atoms with Crippen molar-refractivity contribution in [3.05, 3.63) is 36.0 Å². The summed E-state index contributed by atoms with van der Waals surface area (Å²) in [7, 11) is 0. The molecule has 1 atom stereocenters. The first-order valence-corrected chi connectivity index (χ1v) is 10.3. The Balaban J connectivity index is 1.29. The van der Waals surface area contributed by atoms with E-state index in [0.717, 1.165) is 31.8 Å². The summed E-state index contributed by atoms with van der Waals surface area (Å²) in [5, 5.41) is 4.46. The van der Waals surface area contributed by atoms with Crippen LogP contribution in [-0.2, 0) is 11.2 Å². The molecule has 26 heavy (non-hydrogen) atoms. The standard InChI is InChI=1S/C22H31N3O/c1-22(12-14-25(22)16-17-7-3-2-4-8-17)21(26)23-13-11-18-15-24-20-10-6-5-9-19(18)20/h5-6,9-10,15,17,24H,2-4,7-8,11-14,16H2,1H3,(H,23,26). The highest BCUT2D eigenvalue weighted by Crippen LogP contribution is 2.34. The van der Waals surface area contributed by atoms with Gasteiger partial charge in [-0.3, -0.25) is 9.69 Å². The molecule has 1 aliphatic heterocycles. The fraction of sp³-hybridized carbons (Fsp3) is 0.591. The predicted molar refractivity (Wildman–Crippen MR) is 106 cm³/mol. The van der Waals surface area contributed by atoms with Crippen molar-refractivity contribution in [1.82, 2.24) is 15.2 Å². The van der Waals surface area contributed by atoms with Gasteiger partial charge >= 0.3 is 0 Å². The third-order valence-corrected chi connectivity index (χ3v) is 6.61. The van der Waals surface area contributed by atoms with Crippen molar-refractivity contribution in [3.8, 4) is 0 Å². The molecule has 4 heteroatoms. The second-order valence-corrected chi connectivity index (χ2v) is 8.34. The first-order chi connectivity index (χ1) is 12.7. The highest BCUT2D eigenvalue weighted by atomic mass is 16.2. The van der Waals surface area contributed by atoms with E-state index in [4.69, 9.17) is 0 Å². The van der Waals surface area contributed by atoms with E-state index in [2.05, 4.69) is 46.5 Å². The van der Waals surface area contributed by atoms with Crippen molar-refractivity contribution in [2.24, 2.45) is 5.92 Å². The zero-order valence-corrected chi connectivity index (χ0v) is 15.9. The molecule has 2 fully saturated rings. The maximum absolute atomic E-state index is 12.8. The molecule has 0 radical (unpaired) electrons. The lowest BCUT2D eigenvalue weighted by Gasteiger charge is -2.50. The largest absolute Gasteiger partial charge is 0.361 e. The molecule has 4 nitrogen and oxygen atoms in total. The second-order valence-electron chi connectivity index (χ2n) is 8.34. The summed E-state index contributed by atoms with van der Waals surface area (Å²) in [6.45, 7) is 5.00. The Bertz CT molecular complexity index is 762. The van der Waals surface area contributed by atoms with Crippen LogP contribution in [-0.4, -0.2) is 41.0 Å². The van der Waals surface area contributed by atoms with Gasteiger partial charge in [0.15, 0.2) is 0 Å². The van der Waals surface area contributed by atoms with Gasteiger partial charge in [-0.2, -0.15) is 0 Å². The number of aromatic nitrogens is 1. The molecule has 2 aliphatic rings. The van der Waals surface area contributed by atoms with E-state index >= 15 is 0 Å². The van der Waals surface area contributed by atoms with E-state index in [-0.39, 0.29) is 11.4 Å². The molecule has 140 valence electrons. The summed E-state index contributed by atoms with van der Waals surface area (Å²) >= 11 is 0. The molecule has 1 saturated heterocycles. The molecule has 1 aromatic carbocycles. The number of benzene rings is 1. The molecule has 1 unspecified atom stereocenters. The Kier molecular flexibility index (Phi) is 5.03. The molecular formula is C22H31N3O. The van der Waals surface area contributed by atoms with Gasteiger partial charge in [-0.25, -0.2) is 0 Å². The van der Waals surface area contributed by atoms with Crippen molar-refractivity contribution in [3.63, 3.8) is 0 Å². The zero-order chi connectivity index (χ0) is 18.0. The number of nitrogens with zero attached hydrogens (tertiary/aromatic N) is 1. The van der Waals surface area contributed by atoms with Crippen LogP contribution in [0, 0.1) is 5.92 Å². The Labute approximate surface area is 156 Å². The number of nitrogens with one attached hydrogen (secondary N) is 2. The summed E-state index contributed by atoms with van der Waals surface area (Å²) in [4.78, 5) is 18.6. The molecule has 2 N–H and O–H groups in total. The van der Waals surface area contributed by atoms with Crippen LogP contribution >= 0.6 is 0 Å². The average molecular weight is 354 g/mol. The van der Waals surface area contributed by atoms with Crippen LogP contribution in [0.25, 0.3) is 10.9 Å². The molecule has 1 saturated carbocycles. The minimum absolute atomic E-state index is 0.208. The zero-order valence-electron chi connectivity index (χ0n) is 15.9. The van der Waals surface area contributed by atoms with Crippen molar-refractivity contribution < 1.29 is 4.79 Å². The molecule has 0 spiro atoms. The predicted octanol–water partition coefficient (Wildman–Crippen LogP) is 3.87. The number of carbonyl (C=O) groups is 1. The van der Waals surface area contributed by atoms with Crippen molar-refractivity contribution >= 4 is 16.8 Å². The SMILES string of the molecule is CC1(C(=O)NCCc2c[nH]c3ccccc23)CCN1CC1CCCCC1. The van der Waals surface area contributed by atoms with E-state index in [1.807, 2.05) is 6.07 Å². The van der Waals surface area contributed by atoms with Crippen molar-refractivity contribution in [2.75, 3.05) is 19.6 Å². The Morgan fingerprint density at radius 3 is 2.85 bits per heavy atom. The van der Waals surface area contributed by atoms with Gasteiger partial charge in [0.25, 0.3) is 0 Å². The van der Waals surface area contributed by atoms with Crippen LogP contribution in [0.15, 0.2) is 30.5 Å². The van der Waals surface area contributed by atoms with E-state index in [1.165, 1.54) is 48.6 Å². The maximum atomic E-state index is 12.8. The first kappa shape index (κ1) is 17.6. The van der Waals surface area contributed by atoms with Crippen molar-refractivity contribution in [1.29, 1.82) is 0 Å². The number of likely N-dealkylation sites (tertiary alicyclic amines) is 1. The lowest BCUT2D eigenvalue weighted by atomic mass is 9.81. The van der Waals surface area contributed by atoms with Crippen LogP contribution in [0.4, 0.5) is 0 Å². The van der Waals surface area contributed by atoms with E-state index in [0.29, 0.717) is 6.54 Å². The quantitative estimate of drug-likeness (QED) is 0.828. The summed E-state index contributed by atoms with van der Waals surface area (Å²) in [5.74, 6) is 1.00. The number of aromatic amines is 1. The van der Waals surface area contributed by atoms with Crippen LogP contribution in [0.1, 0.15) is 51.0 Å². The van der Waals surface area contributed by atoms with Crippen LogP contribution in [0.3, 0.4) is 0 Å². The second kappa shape index (κ2) is 7.43. The molecule has 0 bridgehead atoms. The van der Waals surface area contributed by atoms with Gasteiger partial charge in [0.1, 0.15) is 0 Å². The summed E-state index contributed by atoms with van der Waals surface area (Å²) in [6, 6.07) is 8.34. The summed E-state index contributed by atoms with van der Waals surface area (Å²) in [5.41, 5.74) is 2.15. The highest BCUT2D eigenvalue weighted by Gasteiger charge is 2.47. The normalized spacial score (nSPS) is 24.5. The van der Waals surface area contributed by atoms with Gasteiger partial charge in [0.05, 0.1) is 5.54 Å². The van der Waals surface area contributed by atoms with Gasteiger partial charge in [-0.15, -0.1) is 0 Å². The summed E-state index contributed by atoms with van der Waals surface area (Å²) in [6.07, 6.45) is 10.7. The maximum Gasteiger partial charge on any atom is 0.240 e. The molecule has 1 aromatic heterocycles. The van der Waals surface area contributed by atoms with E-state index in [1.54, 1.807) is 0 Å². The average Bonchev–Trinajstić information content (AvgIpc) is 3.08. The number of carbonyl (C=O) groups excluding carboxylic acids is 1. The Hall–Kier alpha value is -1.81. The van der Waals surface area contributed by atoms with Gasteiger partial charge < -0.3 is 10.3 Å². The topological polar surface area (TPSA) is 48.1 Å². The third-order valence-electron chi connectivity index (χ3n) is 6.61. The molecule has 1 amide bonds. The Morgan fingerprint density at radius 1 is 1.27 bits per heavy atom. The number of fused-ring (bicyclic) bond motifs is 1. The summed E-state index contributed by atoms with van der Waals surface area (Å²) < 4.78 is 0. The van der Waals surface area contributed by atoms with E-state index in [9.17, 15) is 4.79 Å². The van der Waals surface area contributed by atoms with Crippen molar-refractivity contribution in [2.45, 2.75) is 57.4 Å². The van der Waals surface area contributed by atoms with Gasteiger partial charge in [0, 0.05) is 36.7 Å². The number of hydrogen-bond acceptors (Lipinski definition) is 2. The van der Waals surface area contributed by atoms with Gasteiger partial charge in [0.2, 0.25) is 5.91 Å². The van der Waals surface area contributed by atoms with Crippen LogP contribution < -0.4 is 5.32 Å². The van der Waals surface area contributed by atoms with Crippen LogP contribution in [0.5, 0.6) is 0 Å².